The van der Waals surface area contributed by atoms with Crippen LogP contribution in [-0.2, 0) is 0 Å². The summed E-state index contributed by atoms with van der Waals surface area (Å²) in [7, 11) is 0. The van der Waals surface area contributed by atoms with Gasteiger partial charge in [-0.1, -0.05) is 28.9 Å². The Balaban J connectivity index is 2.03. The molecule has 0 aliphatic heterocycles. The van der Waals surface area contributed by atoms with Gasteiger partial charge >= 0.3 is 0 Å². The van der Waals surface area contributed by atoms with E-state index in [4.69, 9.17) is 0 Å². The maximum atomic E-state index is 10.2. The van der Waals surface area contributed by atoms with Crippen molar-refractivity contribution in [1.29, 1.82) is 0 Å². The summed E-state index contributed by atoms with van der Waals surface area (Å²) >= 11 is 4.87. The number of aromatic hydroxyl groups is 1. The molecule has 24 heavy (non-hydrogen) atoms. The highest BCUT2D eigenvalue weighted by atomic mass is 79.9. The van der Waals surface area contributed by atoms with Crippen molar-refractivity contribution in [1.82, 2.24) is 0 Å². The number of benzene rings is 1. The van der Waals surface area contributed by atoms with Crippen molar-refractivity contribution in [3.05, 3.63) is 68.0 Å². The van der Waals surface area contributed by atoms with Gasteiger partial charge in [0.15, 0.2) is 0 Å². The zero-order valence-corrected chi connectivity index (χ0v) is 15.8. The van der Waals surface area contributed by atoms with Crippen LogP contribution in [0.3, 0.4) is 0 Å². The third kappa shape index (κ3) is 5.33. The summed E-state index contributed by atoms with van der Waals surface area (Å²) in [5.74, 6) is 0.0758. The Hall–Kier alpha value is -1.36. The van der Waals surface area contributed by atoms with E-state index in [0.29, 0.717) is 18.4 Å². The van der Waals surface area contributed by atoms with Gasteiger partial charge in [0.25, 0.3) is 0 Å². The maximum Gasteiger partial charge on any atom is 0.121 e. The van der Waals surface area contributed by atoms with Crippen molar-refractivity contribution in [3.8, 4) is 5.75 Å². The fourth-order valence-electron chi connectivity index (χ4n) is 2.35. The number of hydrogen-bond donors (Lipinski definition) is 3. The smallest absolute Gasteiger partial charge is 0.121 e. The normalized spacial score (nSPS) is 13.2. The molecule has 1 heterocycles. The highest BCUT2D eigenvalue weighted by Gasteiger charge is 2.12. The standard InChI is InChI=1S/C19H21BrO3S/c1-2-13(11-18(23)19-7-4-10-24-19)5-3-6-16(21)15-12-14(20)8-9-17(15)22/h3-4,7-10,12,16,18,21-23H,2,6,11H2,1H3/t5?,16-,18-/m1/s1. The molecule has 3 nitrogen and oxygen atoms in total. The van der Waals surface area contributed by atoms with Crippen LogP contribution in [0, 0.1) is 0 Å². The van der Waals surface area contributed by atoms with Gasteiger partial charge in [0, 0.05) is 27.8 Å². The predicted octanol–water partition coefficient (Wildman–Crippen LogP) is 5.25. The number of aliphatic hydroxyl groups excluding tert-OH is 2. The van der Waals surface area contributed by atoms with Crippen LogP contribution in [0.1, 0.15) is 48.8 Å². The Labute approximate surface area is 154 Å². The van der Waals surface area contributed by atoms with E-state index < -0.39 is 12.2 Å². The van der Waals surface area contributed by atoms with Crippen LogP contribution >= 0.6 is 27.3 Å². The highest BCUT2D eigenvalue weighted by Crippen LogP contribution is 2.30. The topological polar surface area (TPSA) is 60.7 Å². The molecule has 0 saturated heterocycles. The van der Waals surface area contributed by atoms with E-state index in [0.717, 1.165) is 21.3 Å². The SMILES string of the molecule is CCC(=C=CC[C@@H](O)c1cc(Br)ccc1O)C[C@@H](O)c1cccs1. The summed E-state index contributed by atoms with van der Waals surface area (Å²) < 4.78 is 0.808. The van der Waals surface area contributed by atoms with Gasteiger partial charge < -0.3 is 15.3 Å². The molecule has 5 heteroatoms. The predicted molar refractivity (Wildman–Crippen MR) is 101 cm³/mol. The lowest BCUT2D eigenvalue weighted by atomic mass is 10.0. The van der Waals surface area contributed by atoms with Crippen LogP contribution < -0.4 is 0 Å². The summed E-state index contributed by atoms with van der Waals surface area (Å²) in [5.41, 5.74) is 4.67. The van der Waals surface area contributed by atoms with Crippen LogP contribution in [0.25, 0.3) is 0 Å². The molecule has 0 spiro atoms. The van der Waals surface area contributed by atoms with Gasteiger partial charge in [0.05, 0.1) is 12.2 Å². The third-order valence-electron chi connectivity index (χ3n) is 3.73. The van der Waals surface area contributed by atoms with E-state index in [-0.39, 0.29) is 5.75 Å². The number of hydrogen-bond acceptors (Lipinski definition) is 4. The van der Waals surface area contributed by atoms with Gasteiger partial charge in [-0.05, 0) is 47.7 Å². The molecular weight excluding hydrogens is 388 g/mol. The zero-order chi connectivity index (χ0) is 17.5. The molecule has 0 fully saturated rings. The molecule has 0 bridgehead atoms. The third-order valence-corrected chi connectivity index (χ3v) is 5.20. The second-order valence-electron chi connectivity index (χ2n) is 5.50. The number of phenols is 1. The van der Waals surface area contributed by atoms with Crippen LogP contribution in [0.15, 0.2) is 57.6 Å². The summed E-state index contributed by atoms with van der Waals surface area (Å²) in [6.45, 7) is 2.02. The summed E-state index contributed by atoms with van der Waals surface area (Å²) in [6.07, 6.45) is 2.13. The minimum absolute atomic E-state index is 0.0758. The maximum absolute atomic E-state index is 10.2. The van der Waals surface area contributed by atoms with Gasteiger partial charge in [-0.3, -0.25) is 0 Å². The van der Waals surface area contributed by atoms with Crippen molar-refractivity contribution in [2.24, 2.45) is 0 Å². The van der Waals surface area contributed by atoms with Gasteiger partial charge in [-0.15, -0.1) is 17.1 Å². The number of halogens is 1. The van der Waals surface area contributed by atoms with E-state index in [2.05, 4.69) is 21.7 Å². The second-order valence-corrected chi connectivity index (χ2v) is 7.39. The zero-order valence-electron chi connectivity index (χ0n) is 13.4. The Morgan fingerprint density at radius 1 is 1.29 bits per heavy atom. The van der Waals surface area contributed by atoms with Crippen LogP contribution in [0.5, 0.6) is 5.75 Å². The van der Waals surface area contributed by atoms with Crippen LogP contribution in [-0.4, -0.2) is 15.3 Å². The molecule has 2 atom stereocenters. The second kappa shape index (κ2) is 9.21. The molecule has 0 radical (unpaired) electrons. The molecule has 1 aromatic heterocycles. The summed E-state index contributed by atoms with van der Waals surface area (Å²) in [6, 6.07) is 8.83. The summed E-state index contributed by atoms with van der Waals surface area (Å²) in [4.78, 5) is 0.946. The fourth-order valence-corrected chi connectivity index (χ4v) is 3.44. The summed E-state index contributed by atoms with van der Waals surface area (Å²) in [5, 5.41) is 32.2. The molecule has 1 aromatic carbocycles. The van der Waals surface area contributed by atoms with Gasteiger partial charge in [0.2, 0.25) is 0 Å². The molecule has 0 aliphatic carbocycles. The largest absolute Gasteiger partial charge is 0.508 e. The minimum Gasteiger partial charge on any atom is -0.508 e. The molecule has 3 N–H and O–H groups in total. The van der Waals surface area contributed by atoms with E-state index in [1.54, 1.807) is 24.3 Å². The number of thiophene rings is 1. The highest BCUT2D eigenvalue weighted by molar-refractivity contribution is 9.10. The average molecular weight is 409 g/mol. The monoisotopic (exact) mass is 408 g/mol. The van der Waals surface area contributed by atoms with Gasteiger partial charge in [-0.2, -0.15) is 0 Å². The first kappa shape index (κ1) is 19.0. The van der Waals surface area contributed by atoms with Crippen molar-refractivity contribution < 1.29 is 15.3 Å². The van der Waals surface area contributed by atoms with E-state index in [1.165, 1.54) is 11.3 Å². The number of phenolic OH excluding ortho intramolecular Hbond substituents is 1. The van der Waals surface area contributed by atoms with E-state index in [1.807, 2.05) is 24.4 Å². The molecule has 2 rings (SSSR count). The Bertz CT molecular complexity index is 718. The van der Waals surface area contributed by atoms with Gasteiger partial charge in [-0.25, -0.2) is 0 Å². The van der Waals surface area contributed by atoms with Crippen LogP contribution in [0.2, 0.25) is 0 Å². The lowest BCUT2D eigenvalue weighted by Gasteiger charge is -2.11. The Morgan fingerprint density at radius 3 is 2.75 bits per heavy atom. The first-order valence-electron chi connectivity index (χ1n) is 7.82. The number of rotatable bonds is 7. The van der Waals surface area contributed by atoms with Crippen molar-refractivity contribution in [3.63, 3.8) is 0 Å². The van der Waals surface area contributed by atoms with E-state index >= 15 is 0 Å². The van der Waals surface area contributed by atoms with Crippen molar-refractivity contribution >= 4 is 27.3 Å². The molecule has 2 aromatic rings. The first-order chi connectivity index (χ1) is 11.5. The lowest BCUT2D eigenvalue weighted by molar-refractivity contribution is 0.177. The molecule has 0 saturated carbocycles. The van der Waals surface area contributed by atoms with E-state index in [9.17, 15) is 15.3 Å². The Kier molecular flexibility index (Phi) is 7.28. The number of aliphatic hydroxyl groups is 2. The molecule has 0 aliphatic rings. The first-order valence-corrected chi connectivity index (χ1v) is 9.49. The molecule has 0 amide bonds. The van der Waals surface area contributed by atoms with Crippen molar-refractivity contribution in [2.75, 3.05) is 0 Å². The minimum atomic E-state index is -0.796. The molecule has 128 valence electrons. The fraction of sp³-hybridized carbons (Fsp3) is 0.316. The lowest BCUT2D eigenvalue weighted by Crippen LogP contribution is -1.97. The molecular formula is C19H21BrO3S. The quantitative estimate of drug-likeness (QED) is 0.547. The van der Waals surface area contributed by atoms with Crippen LogP contribution in [0.4, 0.5) is 0 Å². The molecule has 0 unspecified atom stereocenters. The van der Waals surface area contributed by atoms with Gasteiger partial charge in [0.1, 0.15) is 5.75 Å². The van der Waals surface area contributed by atoms with Crippen molar-refractivity contribution in [2.45, 2.75) is 38.4 Å². The average Bonchev–Trinajstić information content (AvgIpc) is 3.10. The Morgan fingerprint density at radius 2 is 2.08 bits per heavy atom.